The molecule has 33 heavy (non-hydrogen) atoms. The Kier molecular flexibility index (Phi) is 10.1. The van der Waals surface area contributed by atoms with Gasteiger partial charge in [-0.1, -0.05) is 43.6 Å². The van der Waals surface area contributed by atoms with Crippen molar-refractivity contribution in [2.75, 3.05) is 26.6 Å². The van der Waals surface area contributed by atoms with Crippen molar-refractivity contribution in [1.82, 2.24) is 0 Å². The first kappa shape index (κ1) is 28.0. The maximum Gasteiger partial charge on any atom is 0.376 e. The largest absolute Gasteiger partial charge is 0.443 e. The summed E-state index contributed by atoms with van der Waals surface area (Å²) >= 11 is 0. The summed E-state index contributed by atoms with van der Waals surface area (Å²) in [6.45, 7) is 17.4. The number of unbranched alkanes of at least 4 members (excludes halogenated alkanes) is 2. The summed E-state index contributed by atoms with van der Waals surface area (Å²) in [6, 6.07) is 3.96. The van der Waals surface area contributed by atoms with Crippen molar-refractivity contribution in [3.05, 3.63) is 47.1 Å². The van der Waals surface area contributed by atoms with E-state index >= 15 is 0 Å². The van der Waals surface area contributed by atoms with Crippen LogP contribution in [0.2, 0.25) is 0 Å². The molecule has 186 valence electrons. The molecule has 0 saturated heterocycles. The molecule has 0 heterocycles. The Morgan fingerprint density at radius 1 is 1.09 bits per heavy atom. The van der Waals surface area contributed by atoms with Crippen LogP contribution in [0.3, 0.4) is 0 Å². The second-order valence-electron chi connectivity index (χ2n) is 9.62. The lowest BCUT2D eigenvalue weighted by Gasteiger charge is -2.33. The molecule has 1 aromatic carbocycles. The van der Waals surface area contributed by atoms with Gasteiger partial charge in [0.15, 0.2) is 0 Å². The quantitative estimate of drug-likeness (QED) is 0.165. The fourth-order valence-corrected chi connectivity index (χ4v) is 6.10. The normalized spacial score (nSPS) is 20.6. The predicted octanol–water partition coefficient (Wildman–Crippen LogP) is 8.59. The van der Waals surface area contributed by atoms with Crippen LogP contribution in [-0.2, 0) is 20.1 Å². The van der Waals surface area contributed by atoms with E-state index in [0.717, 1.165) is 55.2 Å². The molecular weight excluding hydrogens is 454 g/mol. The van der Waals surface area contributed by atoms with Gasteiger partial charge in [0.25, 0.3) is 0 Å². The van der Waals surface area contributed by atoms with Gasteiger partial charge in [0, 0.05) is 31.5 Å². The number of hydrogen-bond acceptors (Lipinski definition) is 5. The summed E-state index contributed by atoms with van der Waals surface area (Å²) < 4.78 is 43.5. The van der Waals surface area contributed by atoms with Crippen molar-refractivity contribution in [2.45, 2.75) is 72.1 Å². The van der Waals surface area contributed by atoms with Gasteiger partial charge in [-0.05, 0) is 70.1 Å². The lowest BCUT2D eigenvalue weighted by atomic mass is 9.73. The van der Waals surface area contributed by atoms with Gasteiger partial charge in [-0.3, -0.25) is 4.57 Å². The zero-order valence-corrected chi connectivity index (χ0v) is 23.3. The standard InChI is InChI=1S/C26H42O5P2/c1-9-11-12-13-21-17-24(30-32(6,7)27)26(25(18-21)31-33(8,28)29-10-2)23-16-20(5)14-15-22(23)19(3)4/h16-18,22-23H,3,9-15H2,1-2,4-8H3. The Morgan fingerprint density at radius 2 is 1.73 bits per heavy atom. The highest BCUT2D eigenvalue weighted by molar-refractivity contribution is 7.57. The summed E-state index contributed by atoms with van der Waals surface area (Å²) in [7, 11) is -6.20. The summed E-state index contributed by atoms with van der Waals surface area (Å²) in [6.07, 6.45) is 8.28. The van der Waals surface area contributed by atoms with Crippen LogP contribution < -0.4 is 9.05 Å². The summed E-state index contributed by atoms with van der Waals surface area (Å²) in [5.74, 6) is 1.15. The van der Waals surface area contributed by atoms with E-state index in [1.54, 1.807) is 20.3 Å². The van der Waals surface area contributed by atoms with Gasteiger partial charge in [0.2, 0.25) is 7.37 Å². The minimum Gasteiger partial charge on any atom is -0.443 e. The van der Waals surface area contributed by atoms with Crippen LogP contribution in [0, 0.1) is 5.92 Å². The topological polar surface area (TPSA) is 61.8 Å². The van der Waals surface area contributed by atoms with Crippen molar-refractivity contribution in [1.29, 1.82) is 0 Å². The monoisotopic (exact) mass is 496 g/mol. The summed E-state index contributed by atoms with van der Waals surface area (Å²) in [4.78, 5) is 0. The number of hydrogen-bond donors (Lipinski definition) is 0. The maximum atomic E-state index is 13.1. The van der Waals surface area contributed by atoms with E-state index in [0.29, 0.717) is 18.1 Å². The van der Waals surface area contributed by atoms with E-state index in [9.17, 15) is 9.13 Å². The minimum absolute atomic E-state index is 0.0703. The molecule has 1 aliphatic rings. The molecule has 1 aliphatic carbocycles. The third-order valence-electron chi connectivity index (χ3n) is 5.89. The average molecular weight is 497 g/mol. The predicted molar refractivity (Wildman–Crippen MR) is 140 cm³/mol. The van der Waals surface area contributed by atoms with E-state index in [1.807, 2.05) is 19.1 Å². The molecule has 0 radical (unpaired) electrons. The van der Waals surface area contributed by atoms with Crippen LogP contribution in [0.5, 0.6) is 11.5 Å². The van der Waals surface area contributed by atoms with Gasteiger partial charge in [-0.2, -0.15) is 0 Å². The summed E-state index contributed by atoms with van der Waals surface area (Å²) in [5.41, 5.74) is 4.16. The molecule has 0 aliphatic heterocycles. The van der Waals surface area contributed by atoms with Crippen molar-refractivity contribution in [2.24, 2.45) is 5.92 Å². The first-order chi connectivity index (χ1) is 15.4. The fraction of sp³-hybridized carbons (Fsp3) is 0.615. The Morgan fingerprint density at radius 3 is 2.27 bits per heavy atom. The molecule has 0 fully saturated rings. The molecule has 5 nitrogen and oxygen atoms in total. The van der Waals surface area contributed by atoms with E-state index in [4.69, 9.17) is 13.6 Å². The number of rotatable bonds is 12. The van der Waals surface area contributed by atoms with Gasteiger partial charge >= 0.3 is 7.60 Å². The van der Waals surface area contributed by atoms with E-state index in [2.05, 4.69) is 26.5 Å². The van der Waals surface area contributed by atoms with E-state index < -0.39 is 15.0 Å². The highest BCUT2D eigenvalue weighted by Crippen LogP contribution is 2.54. The molecule has 3 atom stereocenters. The molecule has 0 bridgehead atoms. The third kappa shape index (κ3) is 8.46. The van der Waals surface area contributed by atoms with E-state index in [1.165, 1.54) is 12.2 Å². The van der Waals surface area contributed by atoms with Gasteiger partial charge in [0.1, 0.15) is 11.5 Å². The smallest absolute Gasteiger partial charge is 0.376 e. The first-order valence-electron chi connectivity index (χ1n) is 12.0. The molecule has 0 amide bonds. The van der Waals surface area contributed by atoms with Crippen LogP contribution in [0.25, 0.3) is 0 Å². The lowest BCUT2D eigenvalue weighted by Crippen LogP contribution is -2.18. The second-order valence-corrected chi connectivity index (χ2v) is 14.3. The van der Waals surface area contributed by atoms with Crippen LogP contribution in [-0.4, -0.2) is 26.6 Å². The molecule has 0 saturated carbocycles. The molecular formula is C26H42O5P2. The Balaban J connectivity index is 2.75. The van der Waals surface area contributed by atoms with Gasteiger partial charge in [-0.25, -0.2) is 4.57 Å². The highest BCUT2D eigenvalue weighted by Gasteiger charge is 2.34. The van der Waals surface area contributed by atoms with Gasteiger partial charge in [-0.15, -0.1) is 0 Å². The molecule has 3 unspecified atom stereocenters. The Labute approximate surface area is 201 Å². The van der Waals surface area contributed by atoms with E-state index in [-0.39, 0.29) is 11.8 Å². The number of benzene rings is 1. The van der Waals surface area contributed by atoms with Crippen molar-refractivity contribution in [3.8, 4) is 11.5 Å². The molecule has 1 aromatic rings. The Bertz CT molecular complexity index is 960. The van der Waals surface area contributed by atoms with Crippen molar-refractivity contribution >= 4 is 15.0 Å². The van der Waals surface area contributed by atoms with Crippen LogP contribution in [0.4, 0.5) is 0 Å². The molecule has 2 rings (SSSR count). The van der Waals surface area contributed by atoms with Gasteiger partial charge < -0.3 is 13.6 Å². The third-order valence-corrected chi connectivity index (χ3v) is 7.78. The zero-order valence-electron chi connectivity index (χ0n) is 21.5. The average Bonchev–Trinajstić information content (AvgIpc) is 2.66. The van der Waals surface area contributed by atoms with Gasteiger partial charge in [0.05, 0.1) is 6.61 Å². The number of allylic oxidation sites excluding steroid dienone is 3. The second kappa shape index (κ2) is 11.9. The molecule has 0 aromatic heterocycles. The van der Waals surface area contributed by atoms with Crippen LogP contribution in [0.15, 0.2) is 35.9 Å². The first-order valence-corrected chi connectivity index (χ1v) is 16.5. The molecule has 0 N–H and O–H groups in total. The molecule has 7 heteroatoms. The minimum atomic E-state index is -3.34. The SMILES string of the molecule is C=C(C)C1CCC(C)=CC1c1c(OP(C)(C)=O)cc(CCCCC)cc1OP(C)(=O)OCC. The van der Waals surface area contributed by atoms with Crippen molar-refractivity contribution < 1.29 is 22.7 Å². The lowest BCUT2D eigenvalue weighted by molar-refractivity contribution is 0.283. The Hall–Kier alpha value is -1.28. The highest BCUT2D eigenvalue weighted by atomic mass is 31.2. The molecule has 0 spiro atoms. The zero-order chi connectivity index (χ0) is 24.8. The fourth-order valence-electron chi connectivity index (χ4n) is 4.44. The van der Waals surface area contributed by atoms with Crippen LogP contribution in [0.1, 0.15) is 76.8 Å². The maximum absolute atomic E-state index is 13.1. The number of aryl methyl sites for hydroxylation is 1. The van der Waals surface area contributed by atoms with Crippen molar-refractivity contribution in [3.63, 3.8) is 0 Å². The van der Waals surface area contributed by atoms with Crippen LogP contribution >= 0.6 is 15.0 Å². The summed E-state index contributed by atoms with van der Waals surface area (Å²) in [5, 5.41) is 0.